The molecule has 106 valence electrons. The van der Waals surface area contributed by atoms with Crippen LogP contribution in [0.2, 0.25) is 5.02 Å². The highest BCUT2D eigenvalue weighted by atomic mass is 127. The van der Waals surface area contributed by atoms with Crippen LogP contribution in [0, 0.1) is 3.57 Å². The zero-order valence-electron chi connectivity index (χ0n) is 11.5. The Balaban J connectivity index is 2.34. The zero-order chi connectivity index (χ0) is 14.7. The Kier molecular flexibility index (Phi) is 5.04. The van der Waals surface area contributed by atoms with Gasteiger partial charge in [0.05, 0.1) is 10.7 Å². The number of halogens is 2. The molecule has 0 aliphatic carbocycles. The molecule has 0 amide bonds. The van der Waals surface area contributed by atoms with Crippen molar-refractivity contribution < 1.29 is 0 Å². The Morgan fingerprint density at radius 1 is 1.15 bits per heavy atom. The van der Waals surface area contributed by atoms with Crippen molar-refractivity contribution in [3.8, 4) is 0 Å². The normalized spacial score (nSPS) is 10.7. The third kappa shape index (κ3) is 3.73. The summed E-state index contributed by atoms with van der Waals surface area (Å²) in [5, 5.41) is 6.96. The molecule has 2 N–H and O–H groups in total. The molecule has 4 nitrogen and oxygen atoms in total. The number of nitrogens with zero attached hydrogens (tertiary/aromatic N) is 2. The Labute approximate surface area is 137 Å². The van der Waals surface area contributed by atoms with Gasteiger partial charge in [0.15, 0.2) is 0 Å². The van der Waals surface area contributed by atoms with E-state index in [4.69, 9.17) is 11.6 Å². The summed E-state index contributed by atoms with van der Waals surface area (Å²) < 4.78 is 1.10. The lowest BCUT2D eigenvalue weighted by Gasteiger charge is -2.12. The fraction of sp³-hybridized carbons (Fsp3) is 0.286. The van der Waals surface area contributed by atoms with Crippen LogP contribution in [0.15, 0.2) is 24.3 Å². The number of rotatable bonds is 4. The van der Waals surface area contributed by atoms with Crippen LogP contribution in [0.5, 0.6) is 0 Å². The lowest BCUT2D eigenvalue weighted by molar-refractivity contribution is 0.778. The SMILES string of the molecule is CNc1cc(Nc2ccc(I)cc2Cl)nc(C(C)C)n1. The third-order valence-electron chi connectivity index (χ3n) is 2.71. The van der Waals surface area contributed by atoms with Crippen LogP contribution in [-0.2, 0) is 0 Å². The van der Waals surface area contributed by atoms with Crippen molar-refractivity contribution in [2.75, 3.05) is 17.7 Å². The standard InChI is InChI=1S/C14H16ClIN4/c1-8(2)14-19-12(17-3)7-13(20-14)18-11-5-4-9(16)6-10(11)15/h4-8H,1-3H3,(H2,17,18,19,20). The Morgan fingerprint density at radius 2 is 1.85 bits per heavy atom. The first-order valence-corrected chi connectivity index (χ1v) is 7.74. The number of hydrogen-bond donors (Lipinski definition) is 2. The number of hydrogen-bond acceptors (Lipinski definition) is 4. The lowest BCUT2D eigenvalue weighted by atomic mass is 10.2. The highest BCUT2D eigenvalue weighted by Gasteiger charge is 2.09. The predicted molar refractivity (Wildman–Crippen MR) is 93.1 cm³/mol. The van der Waals surface area contributed by atoms with Crippen molar-refractivity contribution in [2.24, 2.45) is 0 Å². The van der Waals surface area contributed by atoms with Gasteiger partial charge in [-0.15, -0.1) is 0 Å². The number of benzene rings is 1. The van der Waals surface area contributed by atoms with Gasteiger partial charge in [-0.2, -0.15) is 0 Å². The van der Waals surface area contributed by atoms with Gasteiger partial charge in [0, 0.05) is 22.6 Å². The summed E-state index contributed by atoms with van der Waals surface area (Å²) in [6, 6.07) is 7.72. The molecule has 6 heteroatoms. The van der Waals surface area contributed by atoms with Crippen molar-refractivity contribution in [1.29, 1.82) is 0 Å². The molecule has 0 atom stereocenters. The fourth-order valence-electron chi connectivity index (χ4n) is 1.65. The summed E-state index contributed by atoms with van der Waals surface area (Å²) in [6.45, 7) is 4.13. The van der Waals surface area contributed by atoms with E-state index >= 15 is 0 Å². The summed E-state index contributed by atoms with van der Waals surface area (Å²) in [7, 11) is 1.84. The first-order chi connectivity index (χ1) is 9.49. The molecule has 0 aliphatic rings. The van der Waals surface area contributed by atoms with E-state index in [-0.39, 0.29) is 5.92 Å². The van der Waals surface area contributed by atoms with E-state index in [0.29, 0.717) is 5.02 Å². The smallest absolute Gasteiger partial charge is 0.136 e. The number of aromatic nitrogens is 2. The highest BCUT2D eigenvalue weighted by molar-refractivity contribution is 14.1. The molecule has 1 aromatic carbocycles. The molecule has 0 saturated heterocycles. The molecule has 0 spiro atoms. The van der Waals surface area contributed by atoms with Gasteiger partial charge >= 0.3 is 0 Å². The van der Waals surface area contributed by atoms with Gasteiger partial charge in [-0.1, -0.05) is 25.4 Å². The molecule has 0 fully saturated rings. The minimum absolute atomic E-state index is 0.260. The summed E-state index contributed by atoms with van der Waals surface area (Å²) in [4.78, 5) is 8.95. The van der Waals surface area contributed by atoms with Gasteiger partial charge in [-0.25, -0.2) is 9.97 Å². The van der Waals surface area contributed by atoms with E-state index in [0.717, 1.165) is 26.7 Å². The summed E-state index contributed by atoms with van der Waals surface area (Å²) in [5.74, 6) is 2.57. The van der Waals surface area contributed by atoms with Gasteiger partial charge in [0.25, 0.3) is 0 Å². The monoisotopic (exact) mass is 402 g/mol. The molecule has 0 unspecified atom stereocenters. The highest BCUT2D eigenvalue weighted by Crippen LogP contribution is 2.27. The summed E-state index contributed by atoms with van der Waals surface area (Å²) in [5.41, 5.74) is 0.836. The molecule has 2 aromatic rings. The maximum Gasteiger partial charge on any atom is 0.136 e. The molecule has 0 radical (unpaired) electrons. The maximum atomic E-state index is 6.23. The van der Waals surface area contributed by atoms with E-state index in [1.54, 1.807) is 0 Å². The fourth-order valence-corrected chi connectivity index (χ4v) is 2.55. The quantitative estimate of drug-likeness (QED) is 0.731. The van der Waals surface area contributed by atoms with E-state index < -0.39 is 0 Å². The minimum atomic E-state index is 0.260. The van der Waals surface area contributed by atoms with Crippen LogP contribution in [0.3, 0.4) is 0 Å². The average molecular weight is 403 g/mol. The molecule has 0 aliphatic heterocycles. The molecular weight excluding hydrogens is 387 g/mol. The first-order valence-electron chi connectivity index (χ1n) is 6.28. The van der Waals surface area contributed by atoms with E-state index in [9.17, 15) is 0 Å². The van der Waals surface area contributed by atoms with Crippen molar-refractivity contribution in [3.05, 3.63) is 38.7 Å². The third-order valence-corrected chi connectivity index (χ3v) is 3.69. The zero-order valence-corrected chi connectivity index (χ0v) is 14.5. The molecule has 20 heavy (non-hydrogen) atoms. The number of nitrogens with one attached hydrogen (secondary N) is 2. The van der Waals surface area contributed by atoms with E-state index in [1.165, 1.54) is 0 Å². The molecule has 1 aromatic heterocycles. The molecule has 1 heterocycles. The van der Waals surface area contributed by atoms with Crippen molar-refractivity contribution >= 4 is 51.5 Å². The molecular formula is C14H16ClIN4. The first kappa shape index (κ1) is 15.3. The van der Waals surface area contributed by atoms with Crippen LogP contribution in [0.1, 0.15) is 25.6 Å². The second-order valence-electron chi connectivity index (χ2n) is 4.65. The van der Waals surface area contributed by atoms with Crippen LogP contribution in [-0.4, -0.2) is 17.0 Å². The van der Waals surface area contributed by atoms with E-state index in [2.05, 4.69) is 57.0 Å². The van der Waals surface area contributed by atoms with Gasteiger partial charge in [0.2, 0.25) is 0 Å². The van der Waals surface area contributed by atoms with Gasteiger partial charge in [-0.3, -0.25) is 0 Å². The Hall–Kier alpha value is -1.08. The van der Waals surface area contributed by atoms with Crippen molar-refractivity contribution in [2.45, 2.75) is 19.8 Å². The van der Waals surface area contributed by atoms with Crippen molar-refractivity contribution in [3.63, 3.8) is 0 Å². The Morgan fingerprint density at radius 3 is 2.45 bits per heavy atom. The van der Waals surface area contributed by atoms with Crippen LogP contribution >= 0.6 is 34.2 Å². The summed E-state index contributed by atoms with van der Waals surface area (Å²) in [6.07, 6.45) is 0. The van der Waals surface area contributed by atoms with Crippen LogP contribution in [0.25, 0.3) is 0 Å². The maximum absolute atomic E-state index is 6.23. The summed E-state index contributed by atoms with van der Waals surface area (Å²) >= 11 is 8.46. The second-order valence-corrected chi connectivity index (χ2v) is 6.30. The molecule has 0 saturated carbocycles. The molecule has 2 rings (SSSR count). The largest absolute Gasteiger partial charge is 0.373 e. The minimum Gasteiger partial charge on any atom is -0.373 e. The van der Waals surface area contributed by atoms with Crippen molar-refractivity contribution in [1.82, 2.24) is 9.97 Å². The van der Waals surface area contributed by atoms with Gasteiger partial charge in [-0.05, 0) is 40.8 Å². The predicted octanol–water partition coefficient (Wildman–Crippen LogP) is 4.64. The van der Waals surface area contributed by atoms with E-state index in [1.807, 2.05) is 31.3 Å². The number of anilines is 3. The van der Waals surface area contributed by atoms with Gasteiger partial charge < -0.3 is 10.6 Å². The lowest BCUT2D eigenvalue weighted by Crippen LogP contribution is -2.05. The van der Waals surface area contributed by atoms with Crippen LogP contribution in [0.4, 0.5) is 17.3 Å². The Bertz CT molecular complexity index is 616. The van der Waals surface area contributed by atoms with Gasteiger partial charge in [0.1, 0.15) is 17.5 Å². The topological polar surface area (TPSA) is 49.8 Å². The average Bonchev–Trinajstić information content (AvgIpc) is 2.41. The molecule has 0 bridgehead atoms. The van der Waals surface area contributed by atoms with Crippen LogP contribution < -0.4 is 10.6 Å². The second kappa shape index (κ2) is 6.58.